The van der Waals surface area contributed by atoms with Gasteiger partial charge in [0.2, 0.25) is 10.5 Å². The minimum absolute atomic E-state index is 0.0435. The molecule has 0 aromatic carbocycles. The Labute approximate surface area is 117 Å². The summed E-state index contributed by atoms with van der Waals surface area (Å²) in [4.78, 5) is 8.47. The Bertz CT molecular complexity index is 457. The lowest BCUT2D eigenvalue weighted by Gasteiger charge is -2.19. The molecule has 2 rings (SSSR count). The highest BCUT2D eigenvalue weighted by atomic mass is 79.9. The van der Waals surface area contributed by atoms with Gasteiger partial charge in [0.15, 0.2) is 0 Å². The molecule has 4 nitrogen and oxygen atoms in total. The molecule has 1 N–H and O–H groups in total. The van der Waals surface area contributed by atoms with E-state index in [0.29, 0.717) is 10.9 Å². The molecule has 0 aliphatic carbocycles. The van der Waals surface area contributed by atoms with Gasteiger partial charge < -0.3 is 4.74 Å². The fraction of sp³-hybridized carbons (Fsp3) is 0.400. The SMILES string of the molecule is CC(C)Oc1ncc(C2(Br)N=CSN2)cc1Cl. The minimum Gasteiger partial charge on any atom is -0.474 e. The van der Waals surface area contributed by atoms with Crippen LogP contribution >= 0.6 is 39.5 Å². The van der Waals surface area contributed by atoms with E-state index in [1.807, 2.05) is 13.8 Å². The van der Waals surface area contributed by atoms with E-state index in [1.54, 1.807) is 17.8 Å². The Kier molecular flexibility index (Phi) is 3.97. The lowest BCUT2D eigenvalue weighted by atomic mass is 10.2. The third kappa shape index (κ3) is 2.93. The summed E-state index contributed by atoms with van der Waals surface area (Å²) >= 11 is 11.0. The van der Waals surface area contributed by atoms with Crippen molar-refractivity contribution in [3.8, 4) is 5.88 Å². The van der Waals surface area contributed by atoms with Crippen LogP contribution in [0.4, 0.5) is 0 Å². The number of ether oxygens (including phenoxy) is 1. The maximum absolute atomic E-state index is 6.12. The van der Waals surface area contributed by atoms with E-state index >= 15 is 0 Å². The maximum Gasteiger partial charge on any atom is 0.232 e. The molecule has 2 heterocycles. The second-order valence-corrected chi connectivity index (χ2v) is 5.96. The van der Waals surface area contributed by atoms with Gasteiger partial charge in [-0.1, -0.05) is 11.6 Å². The largest absolute Gasteiger partial charge is 0.474 e. The monoisotopic (exact) mass is 335 g/mol. The molecule has 17 heavy (non-hydrogen) atoms. The van der Waals surface area contributed by atoms with Crippen LogP contribution < -0.4 is 9.46 Å². The van der Waals surface area contributed by atoms with Crippen molar-refractivity contribution in [2.24, 2.45) is 4.99 Å². The normalized spacial score (nSPS) is 23.4. The van der Waals surface area contributed by atoms with E-state index in [0.717, 1.165) is 5.56 Å². The molecule has 1 atom stereocenters. The van der Waals surface area contributed by atoms with Gasteiger partial charge >= 0.3 is 0 Å². The van der Waals surface area contributed by atoms with E-state index in [2.05, 4.69) is 30.6 Å². The topological polar surface area (TPSA) is 46.5 Å². The minimum atomic E-state index is -0.648. The van der Waals surface area contributed by atoms with Crippen LogP contribution in [-0.2, 0) is 4.57 Å². The third-order valence-electron chi connectivity index (χ3n) is 2.01. The molecule has 1 aliphatic heterocycles. The van der Waals surface area contributed by atoms with Gasteiger partial charge in [-0.25, -0.2) is 14.7 Å². The Morgan fingerprint density at radius 3 is 2.88 bits per heavy atom. The zero-order valence-electron chi connectivity index (χ0n) is 9.28. The summed E-state index contributed by atoms with van der Waals surface area (Å²) in [7, 11) is 0. The van der Waals surface area contributed by atoms with Crippen LogP contribution in [0.2, 0.25) is 5.02 Å². The molecule has 1 aromatic rings. The summed E-state index contributed by atoms with van der Waals surface area (Å²) in [6.07, 6.45) is 1.73. The molecule has 0 bridgehead atoms. The fourth-order valence-corrected chi connectivity index (χ4v) is 2.82. The molecular weight excluding hydrogens is 326 g/mol. The Morgan fingerprint density at radius 1 is 1.59 bits per heavy atom. The number of pyridine rings is 1. The van der Waals surface area contributed by atoms with Crippen molar-refractivity contribution in [1.82, 2.24) is 9.71 Å². The first-order valence-corrected chi connectivity index (χ1v) is 7.04. The summed E-state index contributed by atoms with van der Waals surface area (Å²) in [6.45, 7) is 3.86. The first-order chi connectivity index (χ1) is 8.01. The van der Waals surface area contributed by atoms with Gasteiger partial charge in [-0.2, -0.15) is 0 Å². The smallest absolute Gasteiger partial charge is 0.232 e. The van der Waals surface area contributed by atoms with Crippen LogP contribution in [0.15, 0.2) is 17.3 Å². The van der Waals surface area contributed by atoms with E-state index in [9.17, 15) is 0 Å². The average molecular weight is 337 g/mol. The van der Waals surface area contributed by atoms with E-state index in [4.69, 9.17) is 16.3 Å². The Morgan fingerprint density at radius 2 is 2.35 bits per heavy atom. The molecule has 7 heteroatoms. The number of halogens is 2. The molecule has 0 spiro atoms. The summed E-state index contributed by atoms with van der Waals surface area (Å²) in [5, 5.41) is 0.476. The zero-order valence-corrected chi connectivity index (χ0v) is 12.4. The van der Waals surface area contributed by atoms with Crippen molar-refractivity contribution in [2.75, 3.05) is 0 Å². The molecule has 1 aliphatic rings. The average Bonchev–Trinajstić information content (AvgIpc) is 2.69. The maximum atomic E-state index is 6.12. The standard InChI is InChI=1S/C10H11BrClN3OS/c1-6(2)16-9-8(12)3-7(4-13-9)10(11)14-5-17-15-10/h3-6,15H,1-2H3. The van der Waals surface area contributed by atoms with Crippen molar-refractivity contribution in [3.63, 3.8) is 0 Å². The van der Waals surface area contributed by atoms with E-state index < -0.39 is 4.57 Å². The van der Waals surface area contributed by atoms with Gasteiger partial charge in [-0.05, 0) is 47.8 Å². The number of nitrogens with zero attached hydrogens (tertiary/aromatic N) is 2. The molecule has 0 saturated heterocycles. The van der Waals surface area contributed by atoms with Gasteiger partial charge in [0.05, 0.1) is 11.7 Å². The van der Waals surface area contributed by atoms with Gasteiger partial charge in [0.1, 0.15) is 5.02 Å². The fourth-order valence-electron chi connectivity index (χ4n) is 1.28. The molecule has 0 amide bonds. The molecule has 1 aromatic heterocycles. The number of aromatic nitrogens is 1. The summed E-state index contributed by atoms with van der Waals surface area (Å²) in [6, 6.07) is 1.79. The first-order valence-electron chi connectivity index (χ1n) is 4.99. The third-order valence-corrected chi connectivity index (χ3v) is 4.03. The van der Waals surface area contributed by atoms with Gasteiger partial charge in [-0.3, -0.25) is 0 Å². The second-order valence-electron chi connectivity index (χ2n) is 3.75. The highest BCUT2D eigenvalue weighted by Gasteiger charge is 2.31. The van der Waals surface area contributed by atoms with Gasteiger partial charge in [-0.15, -0.1) is 0 Å². The van der Waals surface area contributed by atoms with Crippen molar-refractivity contribution in [2.45, 2.75) is 24.5 Å². The number of alkyl halides is 1. The lowest BCUT2D eigenvalue weighted by Crippen LogP contribution is -2.25. The number of rotatable bonds is 3. The molecule has 92 valence electrons. The Balaban J connectivity index is 2.27. The van der Waals surface area contributed by atoms with Gasteiger partial charge in [0, 0.05) is 11.8 Å². The number of aliphatic imine (C=N–C) groups is 1. The van der Waals surface area contributed by atoms with Gasteiger partial charge in [0.25, 0.3) is 0 Å². The van der Waals surface area contributed by atoms with Crippen LogP contribution in [0.3, 0.4) is 0 Å². The highest BCUT2D eigenvalue weighted by molar-refractivity contribution is 9.09. The lowest BCUT2D eigenvalue weighted by molar-refractivity contribution is 0.232. The van der Waals surface area contributed by atoms with E-state index in [1.165, 1.54) is 11.9 Å². The van der Waals surface area contributed by atoms with Crippen molar-refractivity contribution < 1.29 is 4.74 Å². The molecule has 0 saturated carbocycles. The molecule has 0 fully saturated rings. The zero-order chi connectivity index (χ0) is 12.5. The first kappa shape index (κ1) is 13.1. The summed E-state index contributed by atoms with van der Waals surface area (Å²) < 4.78 is 7.93. The van der Waals surface area contributed by atoms with Crippen molar-refractivity contribution in [1.29, 1.82) is 0 Å². The van der Waals surface area contributed by atoms with Crippen LogP contribution in [0.1, 0.15) is 19.4 Å². The number of nitrogens with one attached hydrogen (secondary N) is 1. The predicted molar refractivity (Wildman–Crippen MR) is 74.8 cm³/mol. The van der Waals surface area contributed by atoms with Crippen LogP contribution in [0.5, 0.6) is 5.88 Å². The highest BCUT2D eigenvalue weighted by Crippen LogP contribution is 2.37. The van der Waals surface area contributed by atoms with Crippen LogP contribution in [0.25, 0.3) is 0 Å². The van der Waals surface area contributed by atoms with Crippen LogP contribution in [-0.4, -0.2) is 16.6 Å². The Hall–Kier alpha value is -0.300. The summed E-state index contributed by atoms with van der Waals surface area (Å²) in [5.41, 5.74) is 2.56. The quantitative estimate of drug-likeness (QED) is 0.522. The summed E-state index contributed by atoms with van der Waals surface area (Å²) in [5.74, 6) is 0.441. The second kappa shape index (κ2) is 5.14. The molecular formula is C10H11BrClN3OS. The van der Waals surface area contributed by atoms with Crippen LogP contribution in [0, 0.1) is 0 Å². The number of hydrogen-bond acceptors (Lipinski definition) is 5. The van der Waals surface area contributed by atoms with E-state index in [-0.39, 0.29) is 6.10 Å². The van der Waals surface area contributed by atoms with Crippen molar-refractivity contribution in [3.05, 3.63) is 22.8 Å². The molecule has 0 radical (unpaired) electrons. The molecule has 1 unspecified atom stereocenters. The predicted octanol–water partition coefficient (Wildman–Crippen LogP) is 3.31. The van der Waals surface area contributed by atoms with Crippen molar-refractivity contribution >= 4 is 45.0 Å². The number of hydrogen-bond donors (Lipinski definition) is 1.